The molecule has 0 amide bonds. The lowest BCUT2D eigenvalue weighted by molar-refractivity contribution is -0.164. The van der Waals surface area contributed by atoms with Crippen molar-refractivity contribution in [1.29, 1.82) is 0 Å². The lowest BCUT2D eigenvalue weighted by Gasteiger charge is -2.53. The Labute approximate surface area is 174 Å². The standard InChI is InChI=1S/C22H30N4O4/c1-3-4-5-26-19-18(20(27)24-22(26)29)25(2)16(23-19)11-30-21(28)17-14-7-12-6-13(9-14)10-15(17)8-12/h12-15,17H,3-11H2,1-2H3,(H,24,27,29). The molecule has 162 valence electrons. The smallest absolute Gasteiger partial charge is 0.330 e. The quantitative estimate of drug-likeness (QED) is 0.732. The van der Waals surface area contributed by atoms with Crippen LogP contribution in [0.3, 0.4) is 0 Å². The van der Waals surface area contributed by atoms with Crippen LogP contribution in [0.15, 0.2) is 9.59 Å². The van der Waals surface area contributed by atoms with Gasteiger partial charge in [0.15, 0.2) is 11.2 Å². The predicted molar refractivity (Wildman–Crippen MR) is 111 cm³/mol. The molecule has 4 aliphatic carbocycles. The van der Waals surface area contributed by atoms with Crippen molar-refractivity contribution >= 4 is 17.1 Å². The normalized spacial score (nSPS) is 29.6. The molecule has 8 heteroatoms. The third kappa shape index (κ3) is 3.11. The predicted octanol–water partition coefficient (Wildman–Crippen LogP) is 2.34. The number of hydrogen-bond acceptors (Lipinski definition) is 5. The number of nitrogens with one attached hydrogen (secondary N) is 1. The first-order valence-electron chi connectivity index (χ1n) is 11.3. The van der Waals surface area contributed by atoms with Gasteiger partial charge >= 0.3 is 11.7 Å². The minimum atomic E-state index is -0.462. The minimum Gasteiger partial charge on any atom is -0.457 e. The first-order valence-corrected chi connectivity index (χ1v) is 11.3. The van der Waals surface area contributed by atoms with Crippen LogP contribution in [0.25, 0.3) is 11.2 Å². The van der Waals surface area contributed by atoms with Crippen molar-refractivity contribution in [2.24, 2.45) is 36.6 Å². The summed E-state index contributed by atoms with van der Waals surface area (Å²) in [6.45, 7) is 2.56. The maximum atomic E-state index is 13.0. The zero-order valence-corrected chi connectivity index (χ0v) is 17.7. The number of nitrogens with zero attached hydrogens (tertiary/aromatic N) is 3. The monoisotopic (exact) mass is 414 g/mol. The highest BCUT2D eigenvalue weighted by atomic mass is 16.5. The summed E-state index contributed by atoms with van der Waals surface area (Å²) in [6, 6.07) is 0. The van der Waals surface area contributed by atoms with Crippen LogP contribution >= 0.6 is 0 Å². The van der Waals surface area contributed by atoms with Crippen molar-refractivity contribution in [2.75, 3.05) is 0 Å². The maximum absolute atomic E-state index is 13.0. The van der Waals surface area contributed by atoms with E-state index in [2.05, 4.69) is 9.97 Å². The van der Waals surface area contributed by atoms with E-state index in [1.807, 2.05) is 6.92 Å². The number of aryl methyl sites for hydroxylation is 2. The number of hydrogen-bond donors (Lipinski definition) is 1. The summed E-state index contributed by atoms with van der Waals surface area (Å²) in [7, 11) is 1.73. The van der Waals surface area contributed by atoms with E-state index in [4.69, 9.17) is 4.74 Å². The Morgan fingerprint density at radius 1 is 1.13 bits per heavy atom. The molecule has 0 unspecified atom stereocenters. The van der Waals surface area contributed by atoms with Gasteiger partial charge in [-0.05, 0) is 62.2 Å². The van der Waals surface area contributed by atoms with Gasteiger partial charge < -0.3 is 9.30 Å². The molecule has 30 heavy (non-hydrogen) atoms. The van der Waals surface area contributed by atoms with E-state index < -0.39 is 11.2 Å². The van der Waals surface area contributed by atoms with Gasteiger partial charge in [0, 0.05) is 13.6 Å². The highest BCUT2D eigenvalue weighted by Gasteiger charge is 2.51. The van der Waals surface area contributed by atoms with Crippen molar-refractivity contribution in [3.05, 3.63) is 26.7 Å². The molecule has 2 aromatic heterocycles. The van der Waals surface area contributed by atoms with Gasteiger partial charge in [-0.15, -0.1) is 0 Å². The molecule has 0 radical (unpaired) electrons. The molecule has 4 saturated carbocycles. The van der Waals surface area contributed by atoms with Crippen molar-refractivity contribution < 1.29 is 9.53 Å². The number of esters is 1. The third-order valence-electron chi connectivity index (χ3n) is 7.68. The second-order valence-electron chi connectivity index (χ2n) is 9.59. The number of imidazole rings is 1. The number of aromatic amines is 1. The second-order valence-corrected chi connectivity index (χ2v) is 9.59. The van der Waals surface area contributed by atoms with Gasteiger partial charge in [0.05, 0.1) is 5.92 Å². The van der Waals surface area contributed by atoms with Crippen molar-refractivity contribution in [1.82, 2.24) is 19.1 Å². The van der Waals surface area contributed by atoms with Gasteiger partial charge in [-0.2, -0.15) is 0 Å². The molecular formula is C22H30N4O4. The van der Waals surface area contributed by atoms with Gasteiger partial charge in [0.2, 0.25) is 0 Å². The maximum Gasteiger partial charge on any atom is 0.330 e. The first-order chi connectivity index (χ1) is 14.5. The van der Waals surface area contributed by atoms with Gasteiger partial charge in [0.1, 0.15) is 12.4 Å². The van der Waals surface area contributed by atoms with Crippen molar-refractivity contribution in [3.63, 3.8) is 0 Å². The molecule has 6 rings (SSSR count). The summed E-state index contributed by atoms with van der Waals surface area (Å²) in [5.41, 5.74) is -0.209. The van der Waals surface area contributed by atoms with E-state index in [1.165, 1.54) is 11.0 Å². The van der Waals surface area contributed by atoms with Crippen LogP contribution in [-0.2, 0) is 29.7 Å². The lowest BCUT2D eigenvalue weighted by atomic mass is 9.52. The molecule has 0 aliphatic heterocycles. The Balaban J connectivity index is 1.37. The van der Waals surface area contributed by atoms with Crippen LogP contribution in [0.2, 0.25) is 0 Å². The molecule has 1 N–H and O–H groups in total. The van der Waals surface area contributed by atoms with E-state index >= 15 is 0 Å². The molecule has 0 atom stereocenters. The number of fused-ring (bicyclic) bond motifs is 1. The largest absolute Gasteiger partial charge is 0.457 e. The molecule has 4 aliphatic rings. The van der Waals surface area contributed by atoms with Crippen LogP contribution in [0.1, 0.15) is 57.7 Å². The van der Waals surface area contributed by atoms with Crippen LogP contribution in [0, 0.1) is 29.6 Å². The molecule has 0 saturated heterocycles. The molecule has 2 heterocycles. The van der Waals surface area contributed by atoms with Gasteiger partial charge in [-0.1, -0.05) is 13.3 Å². The highest BCUT2D eigenvalue weighted by molar-refractivity contribution is 5.74. The van der Waals surface area contributed by atoms with E-state index in [-0.39, 0.29) is 18.5 Å². The Morgan fingerprint density at radius 3 is 2.43 bits per heavy atom. The molecule has 4 fully saturated rings. The van der Waals surface area contributed by atoms with Crippen LogP contribution < -0.4 is 11.2 Å². The summed E-state index contributed by atoms with van der Waals surface area (Å²) in [6.07, 6.45) is 7.75. The highest BCUT2D eigenvalue weighted by Crippen LogP contribution is 2.56. The number of carbonyl (C=O) groups excluding carboxylic acids is 1. The van der Waals surface area contributed by atoms with Crippen LogP contribution in [-0.4, -0.2) is 25.1 Å². The van der Waals surface area contributed by atoms with Crippen LogP contribution in [0.5, 0.6) is 0 Å². The first kappa shape index (κ1) is 19.6. The molecule has 0 spiro atoms. The number of unbranched alkanes of at least 4 members (excludes halogenated alkanes) is 1. The Bertz CT molecular complexity index is 1070. The number of rotatable bonds is 6. The van der Waals surface area contributed by atoms with E-state index in [0.29, 0.717) is 35.4 Å². The van der Waals surface area contributed by atoms with E-state index in [1.54, 1.807) is 11.6 Å². The zero-order chi connectivity index (χ0) is 21.0. The fourth-order valence-electron chi connectivity index (χ4n) is 6.49. The Kier molecular flexibility index (Phi) is 4.82. The van der Waals surface area contributed by atoms with Crippen molar-refractivity contribution in [3.8, 4) is 0 Å². The fraction of sp³-hybridized carbons (Fsp3) is 0.727. The summed E-state index contributed by atoms with van der Waals surface area (Å²) in [5, 5.41) is 0. The average molecular weight is 415 g/mol. The average Bonchev–Trinajstić information content (AvgIpc) is 3.02. The summed E-state index contributed by atoms with van der Waals surface area (Å²) in [4.78, 5) is 44.5. The minimum absolute atomic E-state index is 0.0126. The number of H-pyrrole nitrogens is 1. The summed E-state index contributed by atoms with van der Waals surface area (Å²) in [5.74, 6) is 2.94. The zero-order valence-electron chi connectivity index (χ0n) is 17.7. The molecule has 8 nitrogen and oxygen atoms in total. The third-order valence-corrected chi connectivity index (χ3v) is 7.68. The van der Waals surface area contributed by atoms with E-state index in [0.717, 1.165) is 50.4 Å². The molecule has 2 aromatic rings. The molecular weight excluding hydrogens is 384 g/mol. The molecule has 4 bridgehead atoms. The number of carbonyl (C=O) groups is 1. The van der Waals surface area contributed by atoms with E-state index in [9.17, 15) is 14.4 Å². The number of ether oxygens (including phenoxy) is 1. The topological polar surface area (TPSA) is 99.0 Å². The summed E-state index contributed by atoms with van der Waals surface area (Å²) >= 11 is 0. The number of aromatic nitrogens is 4. The molecule has 0 aromatic carbocycles. The fourth-order valence-corrected chi connectivity index (χ4v) is 6.49. The van der Waals surface area contributed by atoms with Gasteiger partial charge in [0.25, 0.3) is 5.56 Å². The summed E-state index contributed by atoms with van der Waals surface area (Å²) < 4.78 is 8.88. The lowest BCUT2D eigenvalue weighted by Crippen LogP contribution is -2.48. The van der Waals surface area contributed by atoms with Gasteiger partial charge in [-0.25, -0.2) is 9.78 Å². The van der Waals surface area contributed by atoms with Crippen LogP contribution in [0.4, 0.5) is 0 Å². The van der Waals surface area contributed by atoms with Gasteiger partial charge in [-0.3, -0.25) is 19.1 Å². The second kappa shape index (κ2) is 7.39. The Hall–Kier alpha value is -2.38. The Morgan fingerprint density at radius 2 is 1.80 bits per heavy atom. The SMILES string of the molecule is CCCCn1c(=O)[nH]c(=O)c2c1nc(COC(=O)C1C3CC4CC(C3)CC1C4)n2C. The van der Waals surface area contributed by atoms with Crippen molar-refractivity contribution in [2.45, 2.75) is 65.0 Å².